The fourth-order valence-corrected chi connectivity index (χ4v) is 5.68. The van der Waals surface area contributed by atoms with Crippen LogP contribution < -0.4 is 0 Å². The van der Waals surface area contributed by atoms with E-state index in [1.165, 1.54) is 24.1 Å². The van der Waals surface area contributed by atoms with Crippen molar-refractivity contribution in [1.29, 1.82) is 0 Å². The van der Waals surface area contributed by atoms with Gasteiger partial charge in [-0.1, -0.05) is 17.7 Å². The molecular formula is C17H23NO7S2. The summed E-state index contributed by atoms with van der Waals surface area (Å²) in [5.41, 5.74) is 0.922. The van der Waals surface area contributed by atoms with Gasteiger partial charge in [-0.3, -0.25) is 9.59 Å². The highest BCUT2D eigenvalue weighted by Crippen LogP contribution is 2.17. The van der Waals surface area contributed by atoms with E-state index in [-0.39, 0.29) is 22.8 Å². The zero-order valence-electron chi connectivity index (χ0n) is 15.3. The predicted octanol–water partition coefficient (Wildman–Crippen LogP) is 0.348. The van der Waals surface area contributed by atoms with Crippen molar-refractivity contribution in [3.63, 3.8) is 0 Å². The van der Waals surface area contributed by atoms with Crippen molar-refractivity contribution >= 4 is 31.6 Å². The molecule has 0 saturated carbocycles. The van der Waals surface area contributed by atoms with Gasteiger partial charge < -0.3 is 9.64 Å². The number of rotatable bonds is 7. The van der Waals surface area contributed by atoms with Crippen LogP contribution in [-0.2, 0) is 34.0 Å². The second kappa shape index (κ2) is 8.39. The molecule has 10 heteroatoms. The van der Waals surface area contributed by atoms with E-state index in [9.17, 15) is 26.4 Å². The van der Waals surface area contributed by atoms with Crippen LogP contribution >= 0.6 is 0 Å². The lowest BCUT2D eigenvalue weighted by Gasteiger charge is -2.23. The molecule has 1 aromatic carbocycles. The first kappa shape index (κ1) is 21.4. The van der Waals surface area contributed by atoms with Gasteiger partial charge in [0, 0.05) is 13.1 Å². The topological polar surface area (TPSA) is 115 Å². The van der Waals surface area contributed by atoms with Gasteiger partial charge in [-0.2, -0.15) is 0 Å². The van der Waals surface area contributed by atoms with Crippen molar-refractivity contribution in [3.05, 3.63) is 29.8 Å². The molecular weight excluding hydrogens is 394 g/mol. The fourth-order valence-electron chi connectivity index (χ4n) is 2.68. The summed E-state index contributed by atoms with van der Waals surface area (Å²) in [4.78, 5) is 25.2. The van der Waals surface area contributed by atoms with Gasteiger partial charge in [0.1, 0.15) is 0 Å². The van der Waals surface area contributed by atoms with E-state index in [2.05, 4.69) is 0 Å². The van der Waals surface area contributed by atoms with Gasteiger partial charge in [0.05, 0.1) is 28.6 Å². The molecule has 150 valence electrons. The molecule has 1 aliphatic heterocycles. The summed E-state index contributed by atoms with van der Waals surface area (Å²) in [5.74, 6) is -1.80. The normalized spacial score (nSPS) is 18.8. The summed E-state index contributed by atoms with van der Waals surface area (Å²) in [7, 11) is -5.28. The van der Waals surface area contributed by atoms with Crippen molar-refractivity contribution in [2.75, 3.05) is 30.9 Å². The number of ether oxygens (including phenoxy) is 1. The van der Waals surface area contributed by atoms with Gasteiger partial charge in [0.2, 0.25) is 0 Å². The first-order valence-electron chi connectivity index (χ1n) is 8.41. The molecule has 1 amide bonds. The van der Waals surface area contributed by atoms with E-state index >= 15 is 0 Å². The van der Waals surface area contributed by atoms with Crippen LogP contribution in [-0.4, -0.2) is 70.6 Å². The van der Waals surface area contributed by atoms with Gasteiger partial charge in [-0.15, -0.1) is 0 Å². The van der Waals surface area contributed by atoms with Crippen molar-refractivity contribution in [1.82, 2.24) is 4.90 Å². The number of hydrogen-bond acceptors (Lipinski definition) is 7. The Morgan fingerprint density at radius 1 is 1.22 bits per heavy atom. The molecule has 0 bridgehead atoms. The second-order valence-electron chi connectivity index (χ2n) is 6.60. The van der Waals surface area contributed by atoms with Gasteiger partial charge in [-0.25, -0.2) is 16.8 Å². The van der Waals surface area contributed by atoms with E-state index in [0.29, 0.717) is 6.42 Å². The summed E-state index contributed by atoms with van der Waals surface area (Å²) in [6.07, 6.45) is -0.0156. The highest BCUT2D eigenvalue weighted by atomic mass is 32.2. The number of sulfone groups is 2. The lowest BCUT2D eigenvalue weighted by molar-refractivity contribution is -0.151. The van der Waals surface area contributed by atoms with Crippen molar-refractivity contribution in [2.24, 2.45) is 0 Å². The van der Waals surface area contributed by atoms with Crippen LogP contribution in [0.5, 0.6) is 0 Å². The summed E-state index contributed by atoms with van der Waals surface area (Å²) in [6.45, 7) is 1.29. The Kier molecular flexibility index (Phi) is 6.63. The number of aryl methyl sites for hydroxylation is 1. The SMILES string of the molecule is Cc1ccc(S(=O)(=O)CCC(=O)OCC(=O)N(C)[C@@H]2CCS(=O)(=O)C2)cc1. The van der Waals surface area contributed by atoms with E-state index < -0.39 is 50.0 Å². The van der Waals surface area contributed by atoms with Crippen LogP contribution in [0.25, 0.3) is 0 Å². The highest BCUT2D eigenvalue weighted by Gasteiger charge is 2.33. The molecule has 1 fully saturated rings. The standard InChI is InChI=1S/C17H23NO7S2/c1-13-3-5-15(6-4-13)27(23,24)10-8-17(20)25-11-16(19)18(2)14-7-9-26(21,22)12-14/h3-6,14H,7-12H2,1-2H3/t14-/m1/s1. The highest BCUT2D eigenvalue weighted by molar-refractivity contribution is 7.91. The third-order valence-corrected chi connectivity index (χ3v) is 7.94. The smallest absolute Gasteiger partial charge is 0.307 e. The largest absolute Gasteiger partial charge is 0.456 e. The van der Waals surface area contributed by atoms with E-state index in [1.807, 2.05) is 6.92 Å². The summed E-state index contributed by atoms with van der Waals surface area (Å²) in [5, 5.41) is 0. The first-order chi connectivity index (χ1) is 12.5. The quantitative estimate of drug-likeness (QED) is 0.588. The van der Waals surface area contributed by atoms with Gasteiger partial charge in [0.25, 0.3) is 5.91 Å². The minimum atomic E-state index is -3.62. The maximum Gasteiger partial charge on any atom is 0.307 e. The second-order valence-corrected chi connectivity index (χ2v) is 10.9. The Bertz CT molecular complexity index is 905. The van der Waals surface area contributed by atoms with Crippen molar-refractivity contribution < 1.29 is 31.2 Å². The average molecular weight is 418 g/mol. The molecule has 2 rings (SSSR count). The number of likely N-dealkylation sites (N-methyl/N-ethyl adjacent to an activating group) is 1. The predicted molar refractivity (Wildman–Crippen MR) is 98.6 cm³/mol. The zero-order chi connectivity index (χ0) is 20.2. The van der Waals surface area contributed by atoms with Gasteiger partial charge in [-0.05, 0) is 25.5 Å². The van der Waals surface area contributed by atoms with E-state index in [4.69, 9.17) is 4.74 Å². The molecule has 8 nitrogen and oxygen atoms in total. The van der Waals surface area contributed by atoms with E-state index in [1.54, 1.807) is 12.1 Å². The molecule has 0 N–H and O–H groups in total. The molecule has 1 aromatic rings. The average Bonchev–Trinajstić information content (AvgIpc) is 2.97. The maximum atomic E-state index is 12.2. The monoisotopic (exact) mass is 417 g/mol. The Balaban J connectivity index is 1.80. The number of esters is 1. The van der Waals surface area contributed by atoms with Crippen LogP contribution in [0.1, 0.15) is 18.4 Å². The molecule has 0 unspecified atom stereocenters. The van der Waals surface area contributed by atoms with E-state index in [0.717, 1.165) is 5.56 Å². The number of nitrogens with zero attached hydrogens (tertiary/aromatic N) is 1. The Morgan fingerprint density at radius 3 is 2.41 bits per heavy atom. The zero-order valence-corrected chi connectivity index (χ0v) is 16.9. The molecule has 1 saturated heterocycles. The fraction of sp³-hybridized carbons (Fsp3) is 0.529. The third-order valence-electron chi connectivity index (χ3n) is 4.46. The first-order valence-corrected chi connectivity index (χ1v) is 11.9. The Labute approximate surface area is 159 Å². The Morgan fingerprint density at radius 2 is 1.85 bits per heavy atom. The van der Waals surface area contributed by atoms with Crippen LogP contribution in [0.3, 0.4) is 0 Å². The molecule has 1 aliphatic rings. The summed E-state index contributed by atoms with van der Waals surface area (Å²) >= 11 is 0. The molecule has 0 spiro atoms. The number of benzene rings is 1. The molecule has 0 radical (unpaired) electrons. The minimum absolute atomic E-state index is 0.0337. The van der Waals surface area contributed by atoms with Crippen LogP contribution in [0.4, 0.5) is 0 Å². The number of amides is 1. The molecule has 0 aromatic heterocycles. The molecule has 27 heavy (non-hydrogen) atoms. The van der Waals surface area contributed by atoms with Gasteiger partial charge >= 0.3 is 5.97 Å². The number of carbonyl (C=O) groups excluding carboxylic acids is 2. The van der Waals surface area contributed by atoms with Crippen molar-refractivity contribution in [2.45, 2.75) is 30.7 Å². The molecule has 0 aliphatic carbocycles. The lowest BCUT2D eigenvalue weighted by Crippen LogP contribution is -2.40. The van der Waals surface area contributed by atoms with Gasteiger partial charge in [0.15, 0.2) is 26.3 Å². The van der Waals surface area contributed by atoms with Crippen LogP contribution in [0.15, 0.2) is 29.2 Å². The number of hydrogen-bond donors (Lipinski definition) is 0. The summed E-state index contributed by atoms with van der Waals surface area (Å²) < 4.78 is 52.2. The van der Waals surface area contributed by atoms with Crippen molar-refractivity contribution in [3.8, 4) is 0 Å². The minimum Gasteiger partial charge on any atom is -0.456 e. The molecule has 1 heterocycles. The maximum absolute atomic E-state index is 12.2. The third kappa shape index (κ3) is 6.03. The molecule has 1 atom stereocenters. The lowest BCUT2D eigenvalue weighted by atomic mass is 10.2. The Hall–Kier alpha value is -1.94. The summed E-state index contributed by atoms with van der Waals surface area (Å²) in [6, 6.07) is 5.86. The van der Waals surface area contributed by atoms with Crippen LogP contribution in [0, 0.1) is 6.92 Å². The van der Waals surface area contributed by atoms with Crippen LogP contribution in [0.2, 0.25) is 0 Å². The number of carbonyl (C=O) groups is 2.